The number of benzene rings is 1. The van der Waals surface area contributed by atoms with Crippen LogP contribution in [0.1, 0.15) is 116 Å². The third-order valence-corrected chi connectivity index (χ3v) is 14.3. The number of carboxylic acid groups (broad SMARTS) is 1. The van der Waals surface area contributed by atoms with Gasteiger partial charge in [-0.1, -0.05) is 60.6 Å². The molecule has 5 aliphatic rings. The first kappa shape index (κ1) is 28.2. The number of aromatic carboxylic acids is 1. The van der Waals surface area contributed by atoms with E-state index < -0.39 is 5.97 Å². The fraction of sp³-hybridized carbons (Fsp3) is 0.722. The molecule has 4 heteroatoms. The lowest BCUT2D eigenvalue weighted by Crippen LogP contribution is -2.68. The number of allylic oxidation sites excluding steroid dienone is 2. The zero-order chi connectivity index (χ0) is 29.0. The summed E-state index contributed by atoms with van der Waals surface area (Å²) < 4.78 is 0. The van der Waals surface area contributed by atoms with Gasteiger partial charge in [-0.05, 0) is 132 Å². The predicted molar refractivity (Wildman–Crippen MR) is 161 cm³/mol. The van der Waals surface area contributed by atoms with Crippen LogP contribution in [0.5, 0.6) is 0 Å². The van der Waals surface area contributed by atoms with E-state index in [0.717, 1.165) is 36.3 Å². The molecule has 0 bridgehead atoms. The molecule has 5 aliphatic carbocycles. The Kier molecular flexibility index (Phi) is 6.19. The van der Waals surface area contributed by atoms with Gasteiger partial charge in [0.1, 0.15) is 0 Å². The first-order valence-electron chi connectivity index (χ1n) is 16.0. The minimum atomic E-state index is -0.922. The molecule has 0 spiro atoms. The van der Waals surface area contributed by atoms with Crippen LogP contribution in [0.15, 0.2) is 30.3 Å². The number of carboxylic acids is 1. The zero-order valence-corrected chi connectivity index (χ0v) is 25.8. The smallest absolute Gasteiger partial charge is 0.335 e. The Labute approximate surface area is 241 Å². The Morgan fingerprint density at radius 3 is 2.17 bits per heavy atom. The largest absolute Gasteiger partial charge is 0.478 e. The summed E-state index contributed by atoms with van der Waals surface area (Å²) in [5.74, 6) is 2.63. The number of ketones is 1. The summed E-state index contributed by atoms with van der Waals surface area (Å²) in [7, 11) is 0. The van der Waals surface area contributed by atoms with Gasteiger partial charge in [-0.3, -0.25) is 4.79 Å². The molecule has 6 rings (SSSR count). The van der Waals surface area contributed by atoms with E-state index in [1.807, 2.05) is 18.2 Å². The van der Waals surface area contributed by atoms with E-state index in [9.17, 15) is 14.7 Å². The topological polar surface area (TPSA) is 80.4 Å². The van der Waals surface area contributed by atoms with Crippen LogP contribution in [0, 0.1) is 57.2 Å². The van der Waals surface area contributed by atoms with Crippen LogP contribution in [0.3, 0.4) is 0 Å². The molecule has 0 amide bonds. The average molecular weight is 546 g/mol. The first-order chi connectivity index (χ1) is 18.6. The van der Waals surface area contributed by atoms with Crippen molar-refractivity contribution in [1.82, 2.24) is 0 Å². The highest BCUT2D eigenvalue weighted by Gasteiger charge is 2.71. The van der Waals surface area contributed by atoms with Crippen molar-refractivity contribution in [3.05, 3.63) is 41.5 Å². The van der Waals surface area contributed by atoms with E-state index in [1.165, 1.54) is 32.1 Å². The highest BCUT2D eigenvalue weighted by molar-refractivity contribution is 6.04. The highest BCUT2D eigenvalue weighted by atomic mass is 16.4. The Hall–Kier alpha value is -1.94. The van der Waals surface area contributed by atoms with Gasteiger partial charge < -0.3 is 10.8 Å². The maximum absolute atomic E-state index is 14.4. The second-order valence-electron chi connectivity index (χ2n) is 16.2. The van der Waals surface area contributed by atoms with E-state index in [-0.39, 0.29) is 44.5 Å². The van der Waals surface area contributed by atoms with Gasteiger partial charge in [-0.2, -0.15) is 0 Å². The van der Waals surface area contributed by atoms with Crippen molar-refractivity contribution < 1.29 is 14.7 Å². The quantitative estimate of drug-likeness (QED) is 0.403. The fourth-order valence-corrected chi connectivity index (χ4v) is 12.1. The molecule has 218 valence electrons. The van der Waals surface area contributed by atoms with Gasteiger partial charge in [0.05, 0.1) is 5.56 Å². The summed E-state index contributed by atoms with van der Waals surface area (Å²) in [6, 6.07) is 7.11. The zero-order valence-electron chi connectivity index (χ0n) is 25.8. The van der Waals surface area contributed by atoms with E-state index in [4.69, 9.17) is 5.73 Å². The normalized spacial score (nSPS) is 45.7. The van der Waals surface area contributed by atoms with Crippen molar-refractivity contribution in [1.29, 1.82) is 0 Å². The second kappa shape index (κ2) is 8.79. The molecule has 0 heterocycles. The summed E-state index contributed by atoms with van der Waals surface area (Å²) >= 11 is 0. The maximum Gasteiger partial charge on any atom is 0.335 e. The molecule has 4 saturated carbocycles. The molecule has 1 aromatic carbocycles. The summed E-state index contributed by atoms with van der Waals surface area (Å²) in [4.78, 5) is 25.9. The predicted octanol–water partition coefficient (Wildman–Crippen LogP) is 8.01. The summed E-state index contributed by atoms with van der Waals surface area (Å²) in [5.41, 5.74) is 9.33. The van der Waals surface area contributed by atoms with Crippen molar-refractivity contribution in [3.8, 4) is 0 Å². The van der Waals surface area contributed by atoms with Crippen molar-refractivity contribution in [2.75, 3.05) is 0 Å². The summed E-state index contributed by atoms with van der Waals surface area (Å²) in [6.07, 6.45) is 11.3. The molecule has 3 N–H and O–H groups in total. The molecule has 0 aliphatic heterocycles. The van der Waals surface area contributed by atoms with Gasteiger partial charge in [0.2, 0.25) is 0 Å². The molecule has 1 aromatic rings. The molecular weight excluding hydrogens is 494 g/mol. The molecule has 4 fully saturated rings. The Morgan fingerprint density at radius 1 is 0.875 bits per heavy atom. The van der Waals surface area contributed by atoms with Gasteiger partial charge in [0.15, 0.2) is 5.78 Å². The number of nitrogens with two attached hydrogens (primary N) is 1. The average Bonchev–Trinajstić information content (AvgIpc) is 3.24. The van der Waals surface area contributed by atoms with Crippen molar-refractivity contribution >= 4 is 17.3 Å². The third-order valence-electron chi connectivity index (χ3n) is 14.3. The van der Waals surface area contributed by atoms with Crippen LogP contribution in [-0.4, -0.2) is 22.4 Å². The minimum Gasteiger partial charge on any atom is -0.478 e. The first-order valence-corrected chi connectivity index (χ1v) is 16.0. The number of carbonyl (C=O) groups is 2. The van der Waals surface area contributed by atoms with E-state index in [0.29, 0.717) is 23.7 Å². The van der Waals surface area contributed by atoms with Gasteiger partial charge >= 0.3 is 5.97 Å². The summed E-state index contributed by atoms with van der Waals surface area (Å²) in [5, 5.41) is 9.39. The fourth-order valence-electron chi connectivity index (χ4n) is 12.1. The Morgan fingerprint density at radius 2 is 1.55 bits per heavy atom. The monoisotopic (exact) mass is 545 g/mol. The number of rotatable bonds is 3. The molecular formula is C36H51NO3. The molecule has 40 heavy (non-hydrogen) atoms. The lowest BCUT2D eigenvalue weighted by atomic mass is 9.32. The summed E-state index contributed by atoms with van der Waals surface area (Å²) in [6.45, 7) is 16.9. The van der Waals surface area contributed by atoms with Gasteiger partial charge in [-0.25, -0.2) is 4.79 Å². The standard InChI is InChI=1S/C36H51NO3/c1-21(2)24-14-17-36(37)19-18-33(5)25(30(24)36)12-13-28-34(33,6)16-15-27-32(3,4)26(20-29(38)35(27,28)7)22-8-10-23(11-9-22)31(39)40/h8-11,20-21,24-25,27-28,30H,12-19,37H2,1-7H3,(H,39,40)/t24-,25+,27-,28-,30+,33+,34+,35-,36-/m0/s1. The van der Waals surface area contributed by atoms with Crippen LogP contribution in [0.4, 0.5) is 0 Å². The minimum absolute atomic E-state index is 0.000109. The van der Waals surface area contributed by atoms with Gasteiger partial charge in [0, 0.05) is 11.0 Å². The number of hydrogen-bond acceptors (Lipinski definition) is 3. The lowest BCUT2D eigenvalue weighted by molar-refractivity contribution is -0.216. The van der Waals surface area contributed by atoms with E-state index >= 15 is 0 Å². The molecule has 9 atom stereocenters. The Balaban J connectivity index is 1.39. The van der Waals surface area contributed by atoms with Crippen molar-refractivity contribution in [2.24, 2.45) is 62.9 Å². The SMILES string of the molecule is CC(C)[C@@H]1CC[C@]2(N)CC[C@]3(C)[C@H](CC[C@@H]4[C@@]5(C)C(=O)C=C(c6ccc(C(=O)O)cc6)C(C)(C)[C@@H]5CC[C@]43C)[C@@H]12. The number of hydrogen-bond donors (Lipinski definition) is 2. The van der Waals surface area contributed by atoms with Crippen molar-refractivity contribution in [2.45, 2.75) is 105 Å². The Bertz CT molecular complexity index is 1260. The maximum atomic E-state index is 14.4. The van der Waals surface area contributed by atoms with E-state index in [2.05, 4.69) is 48.5 Å². The molecule has 0 saturated heterocycles. The van der Waals surface area contributed by atoms with Crippen LogP contribution in [0.25, 0.3) is 5.57 Å². The highest BCUT2D eigenvalue weighted by Crippen LogP contribution is 2.76. The molecule has 0 radical (unpaired) electrons. The van der Waals surface area contributed by atoms with Crippen LogP contribution >= 0.6 is 0 Å². The van der Waals surface area contributed by atoms with E-state index in [1.54, 1.807) is 12.1 Å². The van der Waals surface area contributed by atoms with Crippen molar-refractivity contribution in [3.63, 3.8) is 0 Å². The van der Waals surface area contributed by atoms with Crippen LogP contribution < -0.4 is 5.73 Å². The molecule has 0 unspecified atom stereocenters. The number of fused-ring (bicyclic) bond motifs is 7. The lowest BCUT2D eigenvalue weighted by Gasteiger charge is -2.71. The van der Waals surface area contributed by atoms with Crippen LogP contribution in [0.2, 0.25) is 0 Å². The number of carbonyl (C=O) groups excluding carboxylic acids is 1. The second-order valence-corrected chi connectivity index (χ2v) is 16.2. The molecule has 4 nitrogen and oxygen atoms in total. The third kappa shape index (κ3) is 3.47. The van der Waals surface area contributed by atoms with Gasteiger partial charge in [-0.15, -0.1) is 0 Å². The molecule has 0 aromatic heterocycles. The van der Waals surface area contributed by atoms with Crippen LogP contribution in [-0.2, 0) is 4.79 Å². The van der Waals surface area contributed by atoms with Gasteiger partial charge in [0.25, 0.3) is 0 Å².